The van der Waals surface area contributed by atoms with E-state index >= 15 is 0 Å². The number of nitrogens with one attached hydrogen (secondary N) is 1. The van der Waals surface area contributed by atoms with Crippen LogP contribution in [0.1, 0.15) is 50.0 Å². The molecule has 0 aromatic carbocycles. The summed E-state index contributed by atoms with van der Waals surface area (Å²) in [5, 5.41) is 2.02. The number of hydrogen-bond donors (Lipinski definition) is 2. The zero-order valence-electron chi connectivity index (χ0n) is 17.9. The van der Waals surface area contributed by atoms with Crippen molar-refractivity contribution in [1.29, 1.82) is 0 Å². The van der Waals surface area contributed by atoms with Gasteiger partial charge in [-0.3, -0.25) is 4.90 Å². The maximum atomic E-state index is 12.3. The van der Waals surface area contributed by atoms with E-state index in [1.165, 1.54) is 10.9 Å². The minimum absolute atomic E-state index is 0.164. The number of likely N-dealkylation sites (tertiary alicyclic amines) is 1. The summed E-state index contributed by atoms with van der Waals surface area (Å²) in [6.07, 6.45) is 11.9. The van der Waals surface area contributed by atoms with E-state index in [-0.39, 0.29) is 17.4 Å². The fourth-order valence-electron chi connectivity index (χ4n) is 5.72. The van der Waals surface area contributed by atoms with Crippen LogP contribution >= 0.6 is 0 Å². The number of ether oxygens (including phenoxy) is 1. The summed E-state index contributed by atoms with van der Waals surface area (Å²) >= 11 is -1.86. The van der Waals surface area contributed by atoms with Gasteiger partial charge in [-0.05, 0) is 74.6 Å². The van der Waals surface area contributed by atoms with Gasteiger partial charge in [0.15, 0.2) is 16.7 Å². The molecule has 2 N–H and O–H groups in total. The lowest BCUT2D eigenvalue weighted by molar-refractivity contribution is 0.0148. The Kier molecular flexibility index (Phi) is 6.05. The summed E-state index contributed by atoms with van der Waals surface area (Å²) in [5.74, 6) is 0.677. The molecule has 8 heteroatoms. The third kappa shape index (κ3) is 4.02. The van der Waals surface area contributed by atoms with Crippen LogP contribution in [-0.4, -0.2) is 60.3 Å². The van der Waals surface area contributed by atoms with E-state index < -0.39 is 11.1 Å². The van der Waals surface area contributed by atoms with Crippen molar-refractivity contribution in [3.05, 3.63) is 36.3 Å². The van der Waals surface area contributed by atoms with E-state index in [0.717, 1.165) is 68.2 Å². The van der Waals surface area contributed by atoms with Crippen LogP contribution in [0.2, 0.25) is 0 Å². The van der Waals surface area contributed by atoms with Crippen molar-refractivity contribution >= 4 is 33.0 Å². The number of methoxy groups -OCH3 is 1. The number of rotatable bonds is 5. The molecule has 0 bridgehead atoms. The van der Waals surface area contributed by atoms with Gasteiger partial charge in [0, 0.05) is 36.8 Å². The lowest BCUT2D eigenvalue weighted by Crippen LogP contribution is -2.50. The quantitative estimate of drug-likeness (QED) is 0.580. The Labute approximate surface area is 184 Å². The summed E-state index contributed by atoms with van der Waals surface area (Å²) in [5.41, 5.74) is 3.16. The summed E-state index contributed by atoms with van der Waals surface area (Å²) in [7, 11) is 1.74. The number of nitrogens with zero attached hydrogens (tertiary/aromatic N) is 3. The largest absolute Gasteiger partial charge is 0.380 e. The van der Waals surface area contributed by atoms with Crippen LogP contribution in [0.5, 0.6) is 0 Å². The number of aromatic nitrogens is 3. The van der Waals surface area contributed by atoms with E-state index in [0.29, 0.717) is 5.92 Å². The minimum atomic E-state index is -1.86. The first-order valence-corrected chi connectivity index (χ1v) is 12.4. The predicted octanol–water partition coefficient (Wildman–Crippen LogP) is 4.04. The van der Waals surface area contributed by atoms with Crippen LogP contribution in [0.25, 0.3) is 21.9 Å². The van der Waals surface area contributed by atoms with E-state index in [1.54, 1.807) is 7.11 Å². The molecule has 1 saturated heterocycles. The molecule has 31 heavy (non-hydrogen) atoms. The SMILES string of the molecule is COC1CCCN(C(C2CCC(c3cc[nH]c4cnc5nccc5c34)CC2)S(=O)O)C1. The molecule has 1 saturated carbocycles. The van der Waals surface area contributed by atoms with E-state index in [4.69, 9.17) is 4.74 Å². The lowest BCUT2D eigenvalue weighted by atomic mass is 9.77. The Morgan fingerprint density at radius 3 is 2.84 bits per heavy atom. The highest BCUT2D eigenvalue weighted by Gasteiger charge is 2.37. The van der Waals surface area contributed by atoms with Gasteiger partial charge >= 0.3 is 0 Å². The second-order valence-corrected chi connectivity index (χ2v) is 9.97. The van der Waals surface area contributed by atoms with Gasteiger partial charge < -0.3 is 14.3 Å². The summed E-state index contributed by atoms with van der Waals surface area (Å²) in [6.45, 7) is 1.63. The topological polar surface area (TPSA) is 91.3 Å². The molecule has 166 valence electrons. The second-order valence-electron chi connectivity index (χ2n) is 8.94. The number of pyridine rings is 2. The molecule has 3 aromatic rings. The first-order valence-electron chi connectivity index (χ1n) is 11.2. The smallest absolute Gasteiger partial charge is 0.171 e. The molecule has 1 aliphatic carbocycles. The summed E-state index contributed by atoms with van der Waals surface area (Å²) in [4.78, 5) is 14.4. The molecule has 0 amide bonds. The zero-order chi connectivity index (χ0) is 21.4. The van der Waals surface area contributed by atoms with E-state index in [1.807, 2.05) is 24.7 Å². The van der Waals surface area contributed by atoms with Gasteiger partial charge in [-0.25, -0.2) is 14.2 Å². The predicted molar refractivity (Wildman–Crippen MR) is 122 cm³/mol. The highest BCUT2D eigenvalue weighted by molar-refractivity contribution is 7.79. The van der Waals surface area contributed by atoms with Crippen molar-refractivity contribution in [2.24, 2.45) is 5.92 Å². The molecule has 5 rings (SSSR count). The molecular formula is C23H30N4O3S. The molecule has 7 nitrogen and oxygen atoms in total. The number of piperidine rings is 1. The molecule has 3 aromatic heterocycles. The van der Waals surface area contributed by atoms with Gasteiger partial charge in [0.25, 0.3) is 0 Å². The van der Waals surface area contributed by atoms with Crippen molar-refractivity contribution in [3.8, 4) is 0 Å². The van der Waals surface area contributed by atoms with Crippen LogP contribution in [0.15, 0.2) is 30.7 Å². The highest BCUT2D eigenvalue weighted by Crippen LogP contribution is 2.42. The average Bonchev–Trinajstić information content (AvgIpc) is 3.28. The van der Waals surface area contributed by atoms with Gasteiger partial charge in [0.2, 0.25) is 0 Å². The van der Waals surface area contributed by atoms with Crippen molar-refractivity contribution in [3.63, 3.8) is 0 Å². The Hall–Kier alpha value is -1.87. The minimum Gasteiger partial charge on any atom is -0.380 e. The van der Waals surface area contributed by atoms with Crippen LogP contribution in [0.4, 0.5) is 0 Å². The molecule has 3 unspecified atom stereocenters. The Bertz CT molecular complexity index is 1080. The summed E-state index contributed by atoms with van der Waals surface area (Å²) in [6, 6.07) is 4.23. The molecule has 4 heterocycles. The maximum Gasteiger partial charge on any atom is 0.171 e. The third-order valence-electron chi connectivity index (χ3n) is 7.25. The number of fused-ring (bicyclic) bond motifs is 3. The van der Waals surface area contributed by atoms with E-state index in [9.17, 15) is 8.76 Å². The van der Waals surface area contributed by atoms with Gasteiger partial charge in [0.05, 0.1) is 17.8 Å². The van der Waals surface area contributed by atoms with Crippen molar-refractivity contribution < 1.29 is 13.5 Å². The van der Waals surface area contributed by atoms with Crippen LogP contribution in [0.3, 0.4) is 0 Å². The average molecular weight is 443 g/mol. The number of aromatic amines is 1. The Balaban J connectivity index is 1.36. The number of hydrogen-bond acceptors (Lipinski definition) is 5. The van der Waals surface area contributed by atoms with Gasteiger partial charge in [-0.15, -0.1) is 0 Å². The zero-order valence-corrected chi connectivity index (χ0v) is 18.7. The van der Waals surface area contributed by atoms with Gasteiger partial charge in [-0.2, -0.15) is 0 Å². The molecule has 3 atom stereocenters. The van der Waals surface area contributed by atoms with Gasteiger partial charge in [-0.1, -0.05) is 0 Å². The monoisotopic (exact) mass is 442 g/mol. The highest BCUT2D eigenvalue weighted by atomic mass is 32.2. The fraction of sp³-hybridized carbons (Fsp3) is 0.565. The van der Waals surface area contributed by atoms with Crippen molar-refractivity contribution in [1.82, 2.24) is 19.9 Å². The molecule has 2 fully saturated rings. The fourth-order valence-corrected chi connectivity index (χ4v) is 6.77. The Morgan fingerprint density at radius 1 is 1.23 bits per heavy atom. The maximum absolute atomic E-state index is 12.3. The first kappa shape index (κ1) is 21.0. The number of H-pyrrole nitrogens is 1. The molecular weight excluding hydrogens is 412 g/mol. The standard InChI is InChI=1S/C23H30N4O3S/c1-30-17-3-2-12-27(14-17)23(31(28)29)16-6-4-15(5-7-16)18-8-10-24-20-13-26-22-19(21(18)20)9-11-25-22/h8-11,13,15-17,23-24H,2-7,12,14H2,1H3,(H,28,29). The molecule has 1 aliphatic heterocycles. The van der Waals surface area contributed by atoms with E-state index in [2.05, 4.69) is 25.9 Å². The Morgan fingerprint density at radius 2 is 2.06 bits per heavy atom. The normalized spacial score (nSPS) is 27.5. The molecule has 0 spiro atoms. The summed E-state index contributed by atoms with van der Waals surface area (Å²) < 4.78 is 28.1. The molecule has 0 radical (unpaired) electrons. The van der Waals surface area contributed by atoms with Crippen molar-refractivity contribution in [2.75, 3.05) is 20.2 Å². The van der Waals surface area contributed by atoms with Crippen LogP contribution < -0.4 is 0 Å². The first-order chi connectivity index (χ1) is 15.2. The second kappa shape index (κ2) is 8.94. The molecule has 2 aliphatic rings. The van der Waals surface area contributed by atoms with Gasteiger partial charge in [0.1, 0.15) is 5.37 Å². The van der Waals surface area contributed by atoms with Crippen LogP contribution in [0, 0.1) is 5.92 Å². The van der Waals surface area contributed by atoms with Crippen molar-refractivity contribution in [2.45, 2.75) is 55.9 Å². The lowest BCUT2D eigenvalue weighted by Gasteiger charge is -2.41. The third-order valence-corrected chi connectivity index (χ3v) is 8.34. The van der Waals surface area contributed by atoms with Crippen LogP contribution in [-0.2, 0) is 15.8 Å².